The molecule has 2 atom stereocenters. The maximum Gasteiger partial charge on any atom is 0.159 e. The number of pyridine rings is 1. The van der Waals surface area contributed by atoms with Crippen LogP contribution in [0.5, 0.6) is 0 Å². The number of aromatic nitrogens is 1. The molecule has 1 aromatic rings. The molecule has 0 bridgehead atoms. The molecule has 0 N–H and O–H groups in total. The van der Waals surface area contributed by atoms with Crippen molar-refractivity contribution in [1.29, 1.82) is 0 Å². The lowest BCUT2D eigenvalue weighted by Gasteiger charge is -2.36. The Morgan fingerprint density at radius 3 is 2.65 bits per heavy atom. The Morgan fingerprint density at radius 1 is 1.41 bits per heavy atom. The summed E-state index contributed by atoms with van der Waals surface area (Å²) >= 11 is 0. The highest BCUT2D eigenvalue weighted by Gasteiger charge is 2.23. The Kier molecular flexibility index (Phi) is 3.43. The van der Waals surface area contributed by atoms with Gasteiger partial charge in [0.05, 0.1) is 12.2 Å². The van der Waals surface area contributed by atoms with Crippen LogP contribution in [0.2, 0.25) is 0 Å². The maximum absolute atomic E-state index is 11.3. The zero-order valence-electron chi connectivity index (χ0n) is 10.5. The average molecular weight is 234 g/mol. The van der Waals surface area contributed by atoms with Gasteiger partial charge in [-0.3, -0.25) is 4.79 Å². The monoisotopic (exact) mass is 234 g/mol. The number of nitrogens with zero attached hydrogens (tertiary/aromatic N) is 2. The molecule has 0 amide bonds. The van der Waals surface area contributed by atoms with Gasteiger partial charge in [0.1, 0.15) is 5.82 Å². The third kappa shape index (κ3) is 2.82. The Bertz CT molecular complexity index is 410. The molecule has 4 heteroatoms. The first kappa shape index (κ1) is 12.0. The first-order valence-electron chi connectivity index (χ1n) is 5.93. The standard InChI is InChI=1S/C13H18N2O2/c1-9-7-15(8-10(2)17-9)13-6-12(11(3)16)4-5-14-13/h4-6,9-10H,7-8H2,1-3H3. The molecular formula is C13H18N2O2. The van der Waals surface area contributed by atoms with E-state index in [0.29, 0.717) is 5.56 Å². The van der Waals surface area contributed by atoms with E-state index >= 15 is 0 Å². The van der Waals surface area contributed by atoms with E-state index in [0.717, 1.165) is 18.9 Å². The SMILES string of the molecule is CC(=O)c1ccnc(N2CC(C)OC(C)C2)c1. The number of carbonyl (C=O) groups is 1. The minimum atomic E-state index is 0.0722. The van der Waals surface area contributed by atoms with E-state index in [1.165, 1.54) is 0 Å². The molecule has 1 saturated heterocycles. The number of morpholine rings is 1. The van der Waals surface area contributed by atoms with E-state index < -0.39 is 0 Å². The summed E-state index contributed by atoms with van der Waals surface area (Å²) < 4.78 is 5.68. The van der Waals surface area contributed by atoms with Crippen LogP contribution in [0.25, 0.3) is 0 Å². The molecule has 1 aliphatic heterocycles. The summed E-state index contributed by atoms with van der Waals surface area (Å²) in [7, 11) is 0. The quantitative estimate of drug-likeness (QED) is 0.733. The highest BCUT2D eigenvalue weighted by Crippen LogP contribution is 2.19. The summed E-state index contributed by atoms with van der Waals surface area (Å²) in [5.74, 6) is 0.933. The van der Waals surface area contributed by atoms with Gasteiger partial charge < -0.3 is 9.64 Å². The molecule has 2 unspecified atom stereocenters. The molecule has 0 aromatic carbocycles. The van der Waals surface area contributed by atoms with Gasteiger partial charge in [-0.1, -0.05) is 0 Å². The summed E-state index contributed by atoms with van der Waals surface area (Å²) in [5.41, 5.74) is 0.710. The van der Waals surface area contributed by atoms with E-state index in [1.54, 1.807) is 19.2 Å². The smallest absolute Gasteiger partial charge is 0.159 e. The van der Waals surface area contributed by atoms with Gasteiger partial charge in [0.15, 0.2) is 5.78 Å². The number of carbonyl (C=O) groups excluding carboxylic acids is 1. The molecule has 17 heavy (non-hydrogen) atoms. The highest BCUT2D eigenvalue weighted by molar-refractivity contribution is 5.94. The fourth-order valence-electron chi connectivity index (χ4n) is 2.18. The molecular weight excluding hydrogens is 216 g/mol. The normalized spacial score (nSPS) is 24.8. The van der Waals surface area contributed by atoms with Crippen LogP contribution in [0, 0.1) is 0 Å². The van der Waals surface area contributed by atoms with Crippen LogP contribution in [0.3, 0.4) is 0 Å². The molecule has 0 aliphatic carbocycles. The number of anilines is 1. The van der Waals surface area contributed by atoms with Gasteiger partial charge >= 0.3 is 0 Å². The molecule has 0 spiro atoms. The van der Waals surface area contributed by atoms with Crippen molar-refractivity contribution in [2.75, 3.05) is 18.0 Å². The van der Waals surface area contributed by atoms with Crippen molar-refractivity contribution in [1.82, 2.24) is 4.98 Å². The lowest BCUT2D eigenvalue weighted by Crippen LogP contribution is -2.45. The largest absolute Gasteiger partial charge is 0.372 e. The van der Waals surface area contributed by atoms with Gasteiger partial charge in [0.2, 0.25) is 0 Å². The number of Topliss-reactive ketones (excluding diaryl/α,β-unsaturated/α-hetero) is 1. The second-order valence-corrected chi connectivity index (χ2v) is 4.62. The number of ether oxygens (including phenoxy) is 1. The van der Waals surface area contributed by atoms with Gasteiger partial charge in [-0.25, -0.2) is 4.98 Å². The predicted octanol–water partition coefficient (Wildman–Crippen LogP) is 1.90. The fraction of sp³-hybridized carbons (Fsp3) is 0.538. The van der Waals surface area contributed by atoms with Crippen LogP contribution in [0.1, 0.15) is 31.1 Å². The molecule has 1 aliphatic rings. The van der Waals surface area contributed by atoms with Crippen LogP contribution >= 0.6 is 0 Å². The van der Waals surface area contributed by atoms with Crippen molar-refractivity contribution in [3.8, 4) is 0 Å². The molecule has 0 radical (unpaired) electrons. The Balaban J connectivity index is 2.21. The lowest BCUT2D eigenvalue weighted by atomic mass is 10.1. The van der Waals surface area contributed by atoms with Crippen molar-refractivity contribution in [2.45, 2.75) is 33.0 Å². The van der Waals surface area contributed by atoms with Crippen LogP contribution in [0.4, 0.5) is 5.82 Å². The Labute approximate surface area is 102 Å². The first-order valence-corrected chi connectivity index (χ1v) is 5.93. The van der Waals surface area contributed by atoms with E-state index in [2.05, 4.69) is 23.7 Å². The number of hydrogen-bond acceptors (Lipinski definition) is 4. The Morgan fingerprint density at radius 2 is 2.06 bits per heavy atom. The van der Waals surface area contributed by atoms with E-state index in [9.17, 15) is 4.79 Å². The van der Waals surface area contributed by atoms with Gasteiger partial charge in [0.25, 0.3) is 0 Å². The molecule has 4 nitrogen and oxygen atoms in total. The van der Waals surface area contributed by atoms with Crippen LogP contribution in [-0.2, 0) is 4.74 Å². The maximum atomic E-state index is 11.3. The van der Waals surface area contributed by atoms with Gasteiger partial charge in [-0.2, -0.15) is 0 Å². The predicted molar refractivity (Wildman–Crippen MR) is 66.5 cm³/mol. The third-order valence-corrected chi connectivity index (χ3v) is 2.90. The first-order chi connectivity index (χ1) is 8.06. The molecule has 1 aromatic heterocycles. The Hall–Kier alpha value is -1.42. The van der Waals surface area contributed by atoms with E-state index in [4.69, 9.17) is 4.74 Å². The number of rotatable bonds is 2. The minimum Gasteiger partial charge on any atom is -0.372 e. The van der Waals surface area contributed by atoms with Crippen molar-refractivity contribution in [2.24, 2.45) is 0 Å². The van der Waals surface area contributed by atoms with Crippen molar-refractivity contribution >= 4 is 11.6 Å². The van der Waals surface area contributed by atoms with Crippen LogP contribution in [-0.4, -0.2) is 36.1 Å². The summed E-state index contributed by atoms with van der Waals surface area (Å²) in [4.78, 5) is 17.8. The summed E-state index contributed by atoms with van der Waals surface area (Å²) in [5, 5.41) is 0. The summed E-state index contributed by atoms with van der Waals surface area (Å²) in [6.07, 6.45) is 2.08. The van der Waals surface area contributed by atoms with Crippen LogP contribution in [0.15, 0.2) is 18.3 Å². The molecule has 92 valence electrons. The van der Waals surface area contributed by atoms with E-state index in [-0.39, 0.29) is 18.0 Å². The van der Waals surface area contributed by atoms with Gasteiger partial charge in [-0.15, -0.1) is 0 Å². The third-order valence-electron chi connectivity index (χ3n) is 2.90. The second kappa shape index (κ2) is 4.84. The molecule has 2 heterocycles. The zero-order chi connectivity index (χ0) is 12.4. The summed E-state index contributed by atoms with van der Waals surface area (Å²) in [6, 6.07) is 3.60. The van der Waals surface area contributed by atoms with Crippen molar-refractivity contribution in [3.05, 3.63) is 23.9 Å². The number of hydrogen-bond donors (Lipinski definition) is 0. The topological polar surface area (TPSA) is 42.4 Å². The van der Waals surface area contributed by atoms with Gasteiger partial charge in [0, 0.05) is 24.8 Å². The molecule has 1 fully saturated rings. The zero-order valence-corrected chi connectivity index (χ0v) is 10.5. The minimum absolute atomic E-state index is 0.0722. The summed E-state index contributed by atoms with van der Waals surface area (Å²) in [6.45, 7) is 7.32. The van der Waals surface area contributed by atoms with Crippen LogP contribution < -0.4 is 4.90 Å². The average Bonchev–Trinajstić information content (AvgIpc) is 2.28. The van der Waals surface area contributed by atoms with Gasteiger partial charge in [-0.05, 0) is 32.9 Å². The second-order valence-electron chi connectivity index (χ2n) is 4.62. The van der Waals surface area contributed by atoms with E-state index in [1.807, 2.05) is 6.07 Å². The lowest BCUT2D eigenvalue weighted by molar-refractivity contribution is -0.00545. The van der Waals surface area contributed by atoms with Crippen molar-refractivity contribution < 1.29 is 9.53 Å². The number of ketones is 1. The molecule has 0 saturated carbocycles. The fourth-order valence-corrected chi connectivity index (χ4v) is 2.18. The highest BCUT2D eigenvalue weighted by atomic mass is 16.5. The van der Waals surface area contributed by atoms with Crippen molar-refractivity contribution in [3.63, 3.8) is 0 Å². The molecule has 2 rings (SSSR count).